The van der Waals surface area contributed by atoms with Gasteiger partial charge in [-0.15, -0.1) is 0 Å². The predicted octanol–water partition coefficient (Wildman–Crippen LogP) is 6.11. The number of hydrogen-bond acceptors (Lipinski definition) is 6. The topological polar surface area (TPSA) is 78.6 Å². The summed E-state index contributed by atoms with van der Waals surface area (Å²) in [5.74, 6) is -2.57. The summed E-state index contributed by atoms with van der Waals surface area (Å²) in [6.07, 6.45) is 2.75. The average Bonchev–Trinajstić information content (AvgIpc) is 3.59. The Morgan fingerprint density at radius 1 is 0.895 bits per heavy atom. The van der Waals surface area contributed by atoms with Gasteiger partial charge in [0, 0.05) is 37.1 Å². The fourth-order valence-electron chi connectivity index (χ4n) is 4.24. The van der Waals surface area contributed by atoms with Gasteiger partial charge in [0.15, 0.2) is 5.65 Å². The summed E-state index contributed by atoms with van der Waals surface area (Å²) in [6.45, 7) is 4.42. The number of alkyl halides is 3. The second-order valence-corrected chi connectivity index (χ2v) is 9.41. The van der Waals surface area contributed by atoms with Crippen molar-refractivity contribution in [3.8, 4) is 11.3 Å². The lowest BCUT2D eigenvalue weighted by Gasteiger charge is -2.21. The van der Waals surface area contributed by atoms with E-state index >= 15 is 0 Å². The van der Waals surface area contributed by atoms with Gasteiger partial charge in [-0.25, -0.2) is 28.7 Å². The van der Waals surface area contributed by atoms with Gasteiger partial charge in [-0.05, 0) is 57.7 Å². The quantitative estimate of drug-likeness (QED) is 0.296. The van der Waals surface area contributed by atoms with Gasteiger partial charge in [0.05, 0.1) is 23.0 Å². The van der Waals surface area contributed by atoms with Crippen LogP contribution in [-0.4, -0.2) is 42.9 Å². The Morgan fingerprint density at radius 2 is 1.61 bits per heavy atom. The van der Waals surface area contributed by atoms with E-state index in [1.807, 2.05) is 23.1 Å². The second kappa shape index (κ2) is 10.3. The molecule has 2 aliphatic rings. The normalized spacial score (nSPS) is 16.4. The van der Waals surface area contributed by atoms with Crippen LogP contribution in [0.4, 0.5) is 22.0 Å². The average molecular weight is 533 g/mol. The molecule has 1 aliphatic heterocycles. The minimum atomic E-state index is -5.02. The lowest BCUT2D eigenvalue weighted by Crippen LogP contribution is -2.17. The number of rotatable bonds is 3. The van der Waals surface area contributed by atoms with Crippen molar-refractivity contribution >= 4 is 11.2 Å². The molecule has 4 heterocycles. The first-order chi connectivity index (χ1) is 18.1. The molecule has 0 amide bonds. The summed E-state index contributed by atoms with van der Waals surface area (Å²) in [6, 6.07) is 3.36. The zero-order chi connectivity index (χ0) is 27.0. The molecule has 0 spiro atoms. The van der Waals surface area contributed by atoms with Gasteiger partial charge in [-0.3, -0.25) is 4.68 Å². The maximum absolute atomic E-state index is 14.7. The number of hydrogen-bond donors (Lipinski definition) is 0. The molecule has 3 aromatic heterocycles. The molecule has 0 N–H and O–H groups in total. The van der Waals surface area contributed by atoms with E-state index in [-0.39, 0.29) is 28.8 Å². The van der Waals surface area contributed by atoms with E-state index < -0.39 is 28.9 Å². The number of halogens is 5. The molecule has 1 saturated carbocycles. The number of benzene rings is 1. The van der Waals surface area contributed by atoms with Crippen molar-refractivity contribution in [2.75, 3.05) is 13.2 Å². The molecule has 0 atom stereocenters. The fourth-order valence-corrected chi connectivity index (χ4v) is 4.24. The Labute approximate surface area is 215 Å². The van der Waals surface area contributed by atoms with Crippen molar-refractivity contribution in [1.82, 2.24) is 29.7 Å². The van der Waals surface area contributed by atoms with E-state index in [1.165, 1.54) is 12.8 Å². The largest absolute Gasteiger partial charge is 0.419 e. The second-order valence-electron chi connectivity index (χ2n) is 9.41. The summed E-state index contributed by atoms with van der Waals surface area (Å²) < 4.78 is 75.2. The standard InChI is InChI=1S/C20H17F5N4O.C6H8N2/c1-9-10(2)27-19-17(26-9)16(28-18(29-19)11-3-5-30-6-4-11)12-7-15(22)13(8-14(12)21)20(23,24)25;1-4-7-8(5-1)6-2-3-6/h7-8,11H,3-6H2,1-2H3;1,4-6H,2-3H2. The summed E-state index contributed by atoms with van der Waals surface area (Å²) >= 11 is 0. The van der Waals surface area contributed by atoms with Gasteiger partial charge in [0.1, 0.15) is 28.7 Å². The maximum Gasteiger partial charge on any atom is 0.419 e. The molecule has 0 unspecified atom stereocenters. The highest BCUT2D eigenvalue weighted by molar-refractivity contribution is 5.87. The third-order valence-corrected chi connectivity index (χ3v) is 6.61. The van der Waals surface area contributed by atoms with Crippen LogP contribution >= 0.6 is 0 Å². The van der Waals surface area contributed by atoms with E-state index in [1.54, 1.807) is 13.8 Å². The highest BCUT2D eigenvalue weighted by Crippen LogP contribution is 2.37. The summed E-state index contributed by atoms with van der Waals surface area (Å²) in [5.41, 5.74) is -0.759. The first-order valence-corrected chi connectivity index (χ1v) is 12.3. The van der Waals surface area contributed by atoms with Crippen LogP contribution in [0.1, 0.15) is 60.4 Å². The molecule has 0 bridgehead atoms. The Kier molecular flexibility index (Phi) is 7.08. The monoisotopic (exact) mass is 532 g/mol. The van der Waals surface area contributed by atoms with Crippen molar-refractivity contribution in [3.63, 3.8) is 0 Å². The SMILES string of the molecule is Cc1nc2nc(C3CCOCC3)nc(-c3cc(F)c(C(F)(F)F)cc3F)c2nc1C.c1cnn(C2CC2)c1. The van der Waals surface area contributed by atoms with Crippen LogP contribution in [0, 0.1) is 25.5 Å². The van der Waals surface area contributed by atoms with Gasteiger partial charge in [0.25, 0.3) is 0 Å². The summed E-state index contributed by atoms with van der Waals surface area (Å²) in [5, 5.41) is 4.09. The van der Waals surface area contributed by atoms with Gasteiger partial charge in [0.2, 0.25) is 0 Å². The molecule has 6 rings (SSSR count). The molecule has 12 heteroatoms. The van der Waals surface area contributed by atoms with Crippen LogP contribution in [-0.2, 0) is 10.9 Å². The molecule has 38 heavy (non-hydrogen) atoms. The molecule has 0 radical (unpaired) electrons. The van der Waals surface area contributed by atoms with Crippen LogP contribution in [0.15, 0.2) is 30.6 Å². The van der Waals surface area contributed by atoms with Crippen LogP contribution in [0.3, 0.4) is 0 Å². The fraction of sp³-hybridized carbons (Fsp3) is 0.423. The first-order valence-electron chi connectivity index (χ1n) is 12.3. The van der Waals surface area contributed by atoms with Crippen LogP contribution in [0.25, 0.3) is 22.4 Å². The van der Waals surface area contributed by atoms with Gasteiger partial charge < -0.3 is 4.74 Å². The Hall–Kier alpha value is -3.54. The summed E-state index contributed by atoms with van der Waals surface area (Å²) in [7, 11) is 0. The van der Waals surface area contributed by atoms with E-state index in [0.29, 0.717) is 49.3 Å². The zero-order valence-corrected chi connectivity index (χ0v) is 20.8. The molecule has 1 saturated heterocycles. The Balaban J connectivity index is 0.000000310. The minimum Gasteiger partial charge on any atom is -0.381 e. The smallest absolute Gasteiger partial charge is 0.381 e. The van der Waals surface area contributed by atoms with Gasteiger partial charge >= 0.3 is 6.18 Å². The van der Waals surface area contributed by atoms with E-state index in [9.17, 15) is 22.0 Å². The van der Waals surface area contributed by atoms with Crippen molar-refractivity contribution in [2.45, 2.75) is 57.7 Å². The third kappa shape index (κ3) is 5.50. The molecule has 2 fully saturated rings. The molecule has 1 aromatic carbocycles. The molecule has 7 nitrogen and oxygen atoms in total. The van der Waals surface area contributed by atoms with E-state index in [0.717, 1.165) is 6.04 Å². The van der Waals surface area contributed by atoms with Crippen molar-refractivity contribution in [3.05, 3.63) is 65.0 Å². The zero-order valence-electron chi connectivity index (χ0n) is 20.8. The van der Waals surface area contributed by atoms with Gasteiger partial charge in [-0.2, -0.15) is 18.3 Å². The van der Waals surface area contributed by atoms with E-state index in [4.69, 9.17) is 4.74 Å². The number of aromatic nitrogens is 6. The van der Waals surface area contributed by atoms with E-state index in [2.05, 4.69) is 25.0 Å². The highest BCUT2D eigenvalue weighted by atomic mass is 19.4. The first kappa shape index (κ1) is 26.1. The Bertz CT molecular complexity index is 1450. The summed E-state index contributed by atoms with van der Waals surface area (Å²) in [4.78, 5) is 17.6. The van der Waals surface area contributed by atoms with Crippen LogP contribution in [0.5, 0.6) is 0 Å². The van der Waals surface area contributed by atoms with Crippen molar-refractivity contribution < 1.29 is 26.7 Å². The van der Waals surface area contributed by atoms with Gasteiger partial charge in [-0.1, -0.05) is 0 Å². The number of aryl methyl sites for hydroxylation is 2. The maximum atomic E-state index is 14.7. The number of ether oxygens (including phenoxy) is 1. The molecular weight excluding hydrogens is 507 g/mol. The lowest BCUT2D eigenvalue weighted by atomic mass is 9.98. The molecular formula is C26H25F5N6O. The molecule has 1 aliphatic carbocycles. The van der Waals surface area contributed by atoms with Crippen molar-refractivity contribution in [1.29, 1.82) is 0 Å². The molecule has 200 valence electrons. The van der Waals surface area contributed by atoms with Crippen LogP contribution in [0.2, 0.25) is 0 Å². The Morgan fingerprint density at radius 3 is 2.24 bits per heavy atom. The number of fused-ring (bicyclic) bond motifs is 1. The minimum absolute atomic E-state index is 0.0813. The highest BCUT2D eigenvalue weighted by Gasteiger charge is 2.36. The number of nitrogens with zero attached hydrogens (tertiary/aromatic N) is 6. The third-order valence-electron chi connectivity index (χ3n) is 6.61. The molecule has 4 aromatic rings. The predicted molar refractivity (Wildman–Crippen MR) is 128 cm³/mol. The van der Waals surface area contributed by atoms with Crippen molar-refractivity contribution in [2.24, 2.45) is 0 Å². The lowest BCUT2D eigenvalue weighted by molar-refractivity contribution is -0.140. The van der Waals surface area contributed by atoms with Crippen LogP contribution < -0.4 is 0 Å².